The zero-order valence-corrected chi connectivity index (χ0v) is 20.5. The molecule has 186 valence electrons. The molecule has 0 bridgehead atoms. The van der Waals surface area contributed by atoms with E-state index in [4.69, 9.17) is 21.1 Å². The number of ether oxygens (including phenoxy) is 2. The molecule has 0 radical (unpaired) electrons. The van der Waals surface area contributed by atoms with E-state index >= 15 is 0 Å². The van der Waals surface area contributed by atoms with Gasteiger partial charge in [0.05, 0.1) is 19.0 Å². The van der Waals surface area contributed by atoms with Crippen LogP contribution < -0.4 is 25.5 Å². The molecule has 3 rings (SSSR count). The molecule has 0 spiro atoms. The number of anilines is 2. The molecule has 36 heavy (non-hydrogen) atoms. The average molecular weight is 509 g/mol. The summed E-state index contributed by atoms with van der Waals surface area (Å²) in [5, 5.41) is 9.41. The summed E-state index contributed by atoms with van der Waals surface area (Å²) in [4.78, 5) is 36.6. The van der Waals surface area contributed by atoms with Crippen LogP contribution in [0.3, 0.4) is 0 Å². The number of rotatable bonds is 9. The fourth-order valence-electron chi connectivity index (χ4n) is 3.05. The molecular formula is C26H25ClN4O5. The van der Waals surface area contributed by atoms with E-state index < -0.39 is 11.8 Å². The lowest BCUT2D eigenvalue weighted by Crippen LogP contribution is -2.32. The molecule has 10 heteroatoms. The highest BCUT2D eigenvalue weighted by Crippen LogP contribution is 2.23. The van der Waals surface area contributed by atoms with E-state index in [1.165, 1.54) is 18.9 Å². The Kier molecular flexibility index (Phi) is 9.41. The lowest BCUT2D eigenvalue weighted by Gasteiger charge is -2.10. The minimum absolute atomic E-state index is 0.258. The number of hydrogen-bond donors (Lipinski definition) is 3. The summed E-state index contributed by atoms with van der Waals surface area (Å²) >= 11 is 6.06. The van der Waals surface area contributed by atoms with Crippen molar-refractivity contribution in [3.05, 3.63) is 82.9 Å². The van der Waals surface area contributed by atoms with Crippen molar-refractivity contribution >= 4 is 46.9 Å². The highest BCUT2D eigenvalue weighted by molar-refractivity contribution is 6.39. The number of nitrogens with one attached hydrogen (secondary N) is 3. The van der Waals surface area contributed by atoms with Gasteiger partial charge in [-0.3, -0.25) is 14.4 Å². The van der Waals surface area contributed by atoms with Gasteiger partial charge < -0.3 is 20.1 Å². The van der Waals surface area contributed by atoms with Crippen LogP contribution in [-0.4, -0.2) is 37.7 Å². The topological polar surface area (TPSA) is 118 Å². The fourth-order valence-corrected chi connectivity index (χ4v) is 3.23. The second kappa shape index (κ2) is 12.9. The molecule has 0 aliphatic carbocycles. The zero-order valence-electron chi connectivity index (χ0n) is 19.7. The van der Waals surface area contributed by atoms with Crippen LogP contribution >= 0.6 is 11.6 Å². The first-order valence-corrected chi connectivity index (χ1v) is 11.4. The Morgan fingerprint density at radius 3 is 2.42 bits per heavy atom. The second-order valence-corrected chi connectivity index (χ2v) is 7.86. The van der Waals surface area contributed by atoms with Crippen LogP contribution in [0, 0.1) is 0 Å². The van der Waals surface area contributed by atoms with Crippen molar-refractivity contribution in [3.8, 4) is 11.5 Å². The lowest BCUT2D eigenvalue weighted by atomic mass is 10.1. The van der Waals surface area contributed by atoms with Gasteiger partial charge in [-0.15, -0.1) is 0 Å². The molecule has 0 aliphatic heterocycles. The first-order valence-electron chi connectivity index (χ1n) is 11.0. The maximum absolute atomic E-state index is 12.3. The number of aryl methyl sites for hydroxylation is 1. The molecule has 9 nitrogen and oxygen atoms in total. The average Bonchev–Trinajstić information content (AvgIpc) is 2.88. The number of carbonyl (C=O) groups is 3. The standard InChI is InChI=1S/C26H25ClN4O5/c1-3-17-8-11-20(12-9-17)29-24(32)16-36-22-13-10-19(27)14-18(22)15-28-31-26(34)25(33)30-21-6-4-5-7-23(21)35-2/h4-15H,3,16H2,1-2H3,(H,29,32)(H,30,33)(H,31,34)/b28-15-. The van der Waals surface area contributed by atoms with Crippen LogP contribution in [0.4, 0.5) is 11.4 Å². The van der Waals surface area contributed by atoms with Gasteiger partial charge in [0, 0.05) is 16.3 Å². The first-order chi connectivity index (χ1) is 17.4. The van der Waals surface area contributed by atoms with Gasteiger partial charge in [-0.2, -0.15) is 5.10 Å². The molecule has 0 saturated carbocycles. The fraction of sp³-hybridized carbons (Fsp3) is 0.154. The van der Waals surface area contributed by atoms with Gasteiger partial charge in [-0.05, 0) is 54.4 Å². The molecule has 0 fully saturated rings. The molecular weight excluding hydrogens is 484 g/mol. The van der Waals surface area contributed by atoms with Crippen molar-refractivity contribution in [2.45, 2.75) is 13.3 Å². The number of methoxy groups -OCH3 is 1. The maximum atomic E-state index is 12.3. The van der Waals surface area contributed by atoms with E-state index in [1.807, 2.05) is 24.3 Å². The van der Waals surface area contributed by atoms with Gasteiger partial charge >= 0.3 is 11.8 Å². The number of hydrazone groups is 1. The summed E-state index contributed by atoms with van der Waals surface area (Å²) < 4.78 is 10.8. The summed E-state index contributed by atoms with van der Waals surface area (Å²) in [5.41, 5.74) is 4.71. The van der Waals surface area contributed by atoms with Crippen molar-refractivity contribution in [2.24, 2.45) is 5.10 Å². The number of nitrogens with zero attached hydrogens (tertiary/aromatic N) is 1. The van der Waals surface area contributed by atoms with Crippen LogP contribution in [0.25, 0.3) is 0 Å². The van der Waals surface area contributed by atoms with Gasteiger partial charge in [-0.1, -0.05) is 42.8 Å². The molecule has 3 amide bonds. The minimum Gasteiger partial charge on any atom is -0.495 e. The SMILES string of the molecule is CCc1ccc(NC(=O)COc2ccc(Cl)cc2/C=N\NC(=O)C(=O)Nc2ccccc2OC)cc1. The predicted octanol–water partition coefficient (Wildman–Crippen LogP) is 4.02. The van der Waals surface area contributed by atoms with Gasteiger partial charge in [0.15, 0.2) is 6.61 Å². The second-order valence-electron chi connectivity index (χ2n) is 7.42. The number of hydrogen-bond acceptors (Lipinski definition) is 6. The van der Waals surface area contributed by atoms with Crippen LogP contribution in [-0.2, 0) is 20.8 Å². The van der Waals surface area contributed by atoms with Crippen LogP contribution in [0.15, 0.2) is 71.8 Å². The van der Waals surface area contributed by atoms with Gasteiger partial charge in [0.25, 0.3) is 5.91 Å². The Labute approximate surface area is 213 Å². The molecule has 0 atom stereocenters. The summed E-state index contributed by atoms with van der Waals surface area (Å²) in [6.07, 6.45) is 2.17. The number of halogens is 1. The summed E-state index contributed by atoms with van der Waals surface area (Å²) in [7, 11) is 1.45. The van der Waals surface area contributed by atoms with Crippen LogP contribution in [0.2, 0.25) is 5.02 Å². The van der Waals surface area contributed by atoms with Crippen molar-refractivity contribution in [1.82, 2.24) is 5.43 Å². The third kappa shape index (κ3) is 7.57. The van der Waals surface area contributed by atoms with E-state index in [9.17, 15) is 14.4 Å². The summed E-state index contributed by atoms with van der Waals surface area (Å²) in [6, 6.07) is 18.9. The Morgan fingerprint density at radius 2 is 1.69 bits per heavy atom. The first kappa shape index (κ1) is 26.2. The molecule has 3 N–H and O–H groups in total. The van der Waals surface area contributed by atoms with E-state index in [2.05, 4.69) is 28.1 Å². The van der Waals surface area contributed by atoms with Crippen LogP contribution in [0.5, 0.6) is 11.5 Å². The Bertz CT molecular complexity index is 1260. The van der Waals surface area contributed by atoms with Crippen molar-refractivity contribution < 1.29 is 23.9 Å². The third-order valence-electron chi connectivity index (χ3n) is 4.91. The number of carbonyl (C=O) groups excluding carboxylic acids is 3. The van der Waals surface area contributed by atoms with Crippen molar-refractivity contribution in [1.29, 1.82) is 0 Å². The monoisotopic (exact) mass is 508 g/mol. The highest BCUT2D eigenvalue weighted by Gasteiger charge is 2.15. The van der Waals surface area contributed by atoms with Gasteiger partial charge in [0.2, 0.25) is 0 Å². The summed E-state index contributed by atoms with van der Waals surface area (Å²) in [5.74, 6) is -1.55. The van der Waals surface area contributed by atoms with Gasteiger partial charge in [0.1, 0.15) is 11.5 Å². The molecule has 3 aromatic rings. The molecule has 0 saturated heterocycles. The molecule has 0 aromatic heterocycles. The minimum atomic E-state index is -0.991. The van der Waals surface area contributed by atoms with E-state index in [0.717, 1.165) is 6.42 Å². The van der Waals surface area contributed by atoms with Crippen LogP contribution in [0.1, 0.15) is 18.1 Å². The van der Waals surface area contributed by atoms with Crippen molar-refractivity contribution in [3.63, 3.8) is 0 Å². The smallest absolute Gasteiger partial charge is 0.329 e. The van der Waals surface area contributed by atoms with Crippen molar-refractivity contribution in [2.75, 3.05) is 24.4 Å². The Balaban J connectivity index is 1.57. The van der Waals surface area contributed by atoms with E-state index in [1.54, 1.807) is 42.5 Å². The van der Waals surface area contributed by atoms with E-state index in [0.29, 0.717) is 33.5 Å². The summed E-state index contributed by atoms with van der Waals surface area (Å²) in [6.45, 7) is 1.79. The molecule has 0 unspecified atom stereocenters. The quantitative estimate of drug-likeness (QED) is 0.229. The van der Waals surface area contributed by atoms with E-state index in [-0.39, 0.29) is 12.5 Å². The largest absolute Gasteiger partial charge is 0.495 e. The Morgan fingerprint density at radius 1 is 0.944 bits per heavy atom. The van der Waals surface area contributed by atoms with Gasteiger partial charge in [-0.25, -0.2) is 5.43 Å². The number of amides is 3. The zero-order chi connectivity index (χ0) is 25.9. The molecule has 3 aromatic carbocycles. The number of para-hydroxylation sites is 2. The predicted molar refractivity (Wildman–Crippen MR) is 139 cm³/mol. The third-order valence-corrected chi connectivity index (χ3v) is 5.14. The molecule has 0 heterocycles. The maximum Gasteiger partial charge on any atom is 0.329 e. The molecule has 0 aliphatic rings. The number of benzene rings is 3. The Hall–Kier alpha value is -4.37. The highest BCUT2D eigenvalue weighted by atomic mass is 35.5. The lowest BCUT2D eigenvalue weighted by molar-refractivity contribution is -0.136. The normalized spacial score (nSPS) is 10.5.